The van der Waals surface area contributed by atoms with Crippen LogP contribution in [0.25, 0.3) is 0 Å². The summed E-state index contributed by atoms with van der Waals surface area (Å²) in [6.07, 6.45) is 0. The Bertz CT molecular complexity index is 938. The van der Waals surface area contributed by atoms with Gasteiger partial charge in [-0.2, -0.15) is 0 Å². The summed E-state index contributed by atoms with van der Waals surface area (Å²) in [5.74, 6) is 1.32. The second-order valence-electron chi connectivity index (χ2n) is 6.43. The number of amides is 1. The summed E-state index contributed by atoms with van der Waals surface area (Å²) < 4.78 is 16.5. The molecule has 0 aliphatic carbocycles. The number of methoxy groups -OCH3 is 1. The van der Waals surface area contributed by atoms with E-state index in [1.54, 1.807) is 23.3 Å². The van der Waals surface area contributed by atoms with Gasteiger partial charge in [-0.05, 0) is 41.3 Å². The number of carbonyl (C=O) groups is 1. The van der Waals surface area contributed by atoms with Crippen LogP contribution in [0.2, 0.25) is 0 Å². The highest BCUT2D eigenvalue weighted by Gasteiger charge is 2.21. The van der Waals surface area contributed by atoms with Crippen LogP contribution < -0.4 is 14.4 Å². The van der Waals surface area contributed by atoms with Gasteiger partial charge in [-0.25, -0.2) is 0 Å². The predicted octanol–water partition coefficient (Wildman–Crippen LogP) is 4.51. The minimum absolute atomic E-state index is 0.0611. The van der Waals surface area contributed by atoms with Crippen molar-refractivity contribution in [1.82, 2.24) is 0 Å². The first-order chi connectivity index (χ1) is 13.7. The van der Waals surface area contributed by atoms with E-state index in [0.717, 1.165) is 16.1 Å². The average Bonchev–Trinajstić information content (AvgIpc) is 3.25. The first-order valence-electron chi connectivity index (χ1n) is 9.06. The molecule has 0 radical (unpaired) electrons. The highest BCUT2D eigenvalue weighted by atomic mass is 32.1. The van der Waals surface area contributed by atoms with E-state index in [-0.39, 0.29) is 5.91 Å². The van der Waals surface area contributed by atoms with Crippen LogP contribution in [0, 0.1) is 0 Å². The van der Waals surface area contributed by atoms with Crippen molar-refractivity contribution in [3.05, 3.63) is 76.0 Å². The number of benzene rings is 2. The molecule has 144 valence electrons. The molecule has 0 spiro atoms. The smallest absolute Gasteiger partial charge is 0.258 e. The van der Waals surface area contributed by atoms with Crippen LogP contribution >= 0.6 is 11.3 Å². The molecule has 0 atom stereocenters. The lowest BCUT2D eigenvalue weighted by molar-refractivity contribution is 0.0985. The van der Waals surface area contributed by atoms with Crippen molar-refractivity contribution < 1.29 is 19.0 Å². The number of rotatable bonds is 6. The first-order valence-corrected chi connectivity index (χ1v) is 9.94. The highest BCUT2D eigenvalue weighted by Crippen LogP contribution is 2.35. The van der Waals surface area contributed by atoms with E-state index in [2.05, 4.69) is 0 Å². The number of hydrogen-bond acceptors (Lipinski definition) is 5. The van der Waals surface area contributed by atoms with E-state index in [1.165, 1.54) is 0 Å². The second kappa shape index (κ2) is 8.46. The van der Waals surface area contributed by atoms with Crippen molar-refractivity contribution in [2.45, 2.75) is 13.2 Å². The van der Waals surface area contributed by atoms with Gasteiger partial charge in [0.25, 0.3) is 5.91 Å². The molecular weight excluding hydrogens is 374 g/mol. The fourth-order valence-electron chi connectivity index (χ4n) is 3.10. The van der Waals surface area contributed by atoms with Gasteiger partial charge in [-0.1, -0.05) is 18.2 Å². The van der Waals surface area contributed by atoms with Crippen LogP contribution in [0.5, 0.6) is 11.5 Å². The molecule has 5 nitrogen and oxygen atoms in total. The molecule has 3 aromatic rings. The molecular formula is C22H21NO4S. The third kappa shape index (κ3) is 4.03. The standard InChI is InChI=1S/C22H21NO4S/c1-25-15-16-4-6-17(7-5-16)22(24)23(14-19-3-2-12-28-19)18-8-9-20-21(13-18)27-11-10-26-20/h2-9,12-13H,10-11,14-15H2,1H3. The highest BCUT2D eigenvalue weighted by molar-refractivity contribution is 7.09. The molecule has 28 heavy (non-hydrogen) atoms. The number of hydrogen-bond donors (Lipinski definition) is 0. The van der Waals surface area contributed by atoms with Crippen molar-refractivity contribution in [2.75, 3.05) is 25.2 Å². The molecule has 0 bridgehead atoms. The SMILES string of the molecule is COCc1ccc(C(=O)N(Cc2cccs2)c2ccc3c(c2)OCCO3)cc1. The molecule has 1 amide bonds. The van der Waals surface area contributed by atoms with Crippen LogP contribution in [0.4, 0.5) is 5.69 Å². The summed E-state index contributed by atoms with van der Waals surface area (Å²) in [5.41, 5.74) is 2.44. The topological polar surface area (TPSA) is 48.0 Å². The van der Waals surface area contributed by atoms with Gasteiger partial charge in [-0.3, -0.25) is 4.79 Å². The largest absolute Gasteiger partial charge is 0.486 e. The fourth-order valence-corrected chi connectivity index (χ4v) is 3.80. The normalized spacial score (nSPS) is 12.6. The van der Waals surface area contributed by atoms with Gasteiger partial charge in [0.05, 0.1) is 13.2 Å². The van der Waals surface area contributed by atoms with Gasteiger partial charge in [0.15, 0.2) is 11.5 Å². The Hall–Kier alpha value is -2.83. The molecule has 1 aliphatic rings. The molecule has 4 rings (SSSR count). The number of fused-ring (bicyclic) bond motifs is 1. The number of nitrogens with zero attached hydrogens (tertiary/aromatic N) is 1. The zero-order chi connectivity index (χ0) is 19.3. The summed E-state index contributed by atoms with van der Waals surface area (Å²) in [5, 5.41) is 2.02. The zero-order valence-corrected chi connectivity index (χ0v) is 16.4. The molecule has 0 saturated carbocycles. The Morgan fingerprint density at radius 2 is 1.86 bits per heavy atom. The Morgan fingerprint density at radius 3 is 2.57 bits per heavy atom. The molecule has 2 aromatic carbocycles. The monoisotopic (exact) mass is 395 g/mol. The maximum absolute atomic E-state index is 13.3. The predicted molar refractivity (Wildman–Crippen MR) is 109 cm³/mol. The fraction of sp³-hybridized carbons (Fsp3) is 0.227. The van der Waals surface area contributed by atoms with Gasteiger partial charge in [0.1, 0.15) is 13.2 Å². The lowest BCUT2D eigenvalue weighted by atomic mass is 10.1. The van der Waals surface area contributed by atoms with Crippen molar-refractivity contribution in [3.8, 4) is 11.5 Å². The first kappa shape index (κ1) is 18.5. The van der Waals surface area contributed by atoms with E-state index in [1.807, 2.05) is 60.0 Å². The van der Waals surface area contributed by atoms with Crippen molar-refractivity contribution >= 4 is 22.9 Å². The summed E-state index contributed by atoms with van der Waals surface area (Å²) in [4.78, 5) is 16.2. The average molecular weight is 395 g/mol. The van der Waals surface area contributed by atoms with Crippen LogP contribution in [-0.4, -0.2) is 26.2 Å². The molecule has 1 aliphatic heterocycles. The zero-order valence-electron chi connectivity index (χ0n) is 15.6. The molecule has 2 heterocycles. The van der Waals surface area contributed by atoms with Crippen LogP contribution in [0.3, 0.4) is 0 Å². The van der Waals surface area contributed by atoms with Gasteiger partial charge >= 0.3 is 0 Å². The van der Waals surface area contributed by atoms with Gasteiger partial charge in [0, 0.05) is 29.3 Å². The summed E-state index contributed by atoms with van der Waals surface area (Å²) in [7, 11) is 1.66. The van der Waals surface area contributed by atoms with Crippen LogP contribution in [-0.2, 0) is 17.9 Å². The van der Waals surface area contributed by atoms with Crippen molar-refractivity contribution in [2.24, 2.45) is 0 Å². The van der Waals surface area contributed by atoms with Gasteiger partial charge < -0.3 is 19.1 Å². The quantitative estimate of drug-likeness (QED) is 0.616. The van der Waals surface area contributed by atoms with Gasteiger partial charge in [0.2, 0.25) is 0 Å². The van der Waals surface area contributed by atoms with E-state index in [4.69, 9.17) is 14.2 Å². The van der Waals surface area contributed by atoms with Crippen molar-refractivity contribution in [1.29, 1.82) is 0 Å². The molecule has 6 heteroatoms. The maximum atomic E-state index is 13.3. The van der Waals surface area contributed by atoms with Crippen molar-refractivity contribution in [3.63, 3.8) is 0 Å². The Balaban J connectivity index is 1.66. The minimum atomic E-state index is -0.0611. The summed E-state index contributed by atoms with van der Waals surface area (Å²) in [6, 6.07) is 17.2. The second-order valence-corrected chi connectivity index (χ2v) is 7.46. The van der Waals surface area contributed by atoms with E-state index >= 15 is 0 Å². The molecule has 0 unspecified atom stereocenters. The Morgan fingerprint density at radius 1 is 1.07 bits per heavy atom. The van der Waals surface area contributed by atoms with Gasteiger partial charge in [-0.15, -0.1) is 11.3 Å². The number of carbonyl (C=O) groups excluding carboxylic acids is 1. The third-order valence-corrected chi connectivity index (χ3v) is 5.35. The Labute approximate surface area is 168 Å². The number of anilines is 1. The number of thiophene rings is 1. The maximum Gasteiger partial charge on any atom is 0.258 e. The summed E-state index contributed by atoms with van der Waals surface area (Å²) in [6.45, 7) is 2.07. The molecule has 0 N–H and O–H groups in total. The van der Waals surface area contributed by atoms with E-state index in [9.17, 15) is 4.79 Å². The minimum Gasteiger partial charge on any atom is -0.486 e. The lowest BCUT2D eigenvalue weighted by Crippen LogP contribution is -2.30. The van der Waals surface area contributed by atoms with E-state index in [0.29, 0.717) is 43.4 Å². The van der Waals surface area contributed by atoms with Crippen LogP contribution in [0.15, 0.2) is 60.0 Å². The number of ether oxygens (including phenoxy) is 3. The third-order valence-electron chi connectivity index (χ3n) is 4.49. The van der Waals surface area contributed by atoms with Crippen LogP contribution in [0.1, 0.15) is 20.8 Å². The molecule has 1 aromatic heterocycles. The van der Waals surface area contributed by atoms with E-state index < -0.39 is 0 Å². The Kier molecular flexibility index (Phi) is 5.60. The molecule has 0 saturated heterocycles. The molecule has 0 fully saturated rings. The lowest BCUT2D eigenvalue weighted by Gasteiger charge is -2.25. The summed E-state index contributed by atoms with van der Waals surface area (Å²) >= 11 is 1.63.